The predicted molar refractivity (Wildman–Crippen MR) is 101 cm³/mol. The third-order valence-electron chi connectivity index (χ3n) is 4.29. The van der Waals surface area contributed by atoms with Gasteiger partial charge in [0.1, 0.15) is 0 Å². The largest absolute Gasteiger partial charge is 0.399 e. The average Bonchev–Trinajstić information content (AvgIpc) is 2.47. The molecule has 0 saturated carbocycles. The molecule has 1 fully saturated rings. The SMILES string of the molecule is CN(C)CC(C)(C)/C=C/CN1CCN(c2ccc(N)cc2)CC1. The van der Waals surface area contributed by atoms with E-state index in [1.807, 2.05) is 12.1 Å². The molecule has 1 saturated heterocycles. The van der Waals surface area contributed by atoms with Crippen molar-refractivity contribution in [2.24, 2.45) is 5.41 Å². The number of nitrogens with zero attached hydrogens (tertiary/aromatic N) is 3. The number of nitrogens with two attached hydrogens (primary N) is 1. The van der Waals surface area contributed by atoms with Gasteiger partial charge < -0.3 is 15.5 Å². The molecule has 0 aliphatic carbocycles. The first-order chi connectivity index (χ1) is 10.9. The van der Waals surface area contributed by atoms with Crippen molar-refractivity contribution in [2.75, 3.05) is 64.0 Å². The molecule has 1 aliphatic rings. The van der Waals surface area contributed by atoms with Crippen molar-refractivity contribution in [3.8, 4) is 0 Å². The van der Waals surface area contributed by atoms with Crippen LogP contribution in [0.4, 0.5) is 11.4 Å². The minimum Gasteiger partial charge on any atom is -0.399 e. The zero-order valence-corrected chi connectivity index (χ0v) is 15.1. The third-order valence-corrected chi connectivity index (χ3v) is 4.29. The number of nitrogen functional groups attached to an aromatic ring is 1. The minimum atomic E-state index is 0.231. The van der Waals surface area contributed by atoms with Crippen LogP contribution < -0.4 is 10.6 Å². The molecule has 4 heteroatoms. The summed E-state index contributed by atoms with van der Waals surface area (Å²) >= 11 is 0. The van der Waals surface area contributed by atoms with E-state index in [0.29, 0.717) is 0 Å². The van der Waals surface area contributed by atoms with E-state index < -0.39 is 0 Å². The van der Waals surface area contributed by atoms with Gasteiger partial charge >= 0.3 is 0 Å². The zero-order chi connectivity index (χ0) is 16.9. The zero-order valence-electron chi connectivity index (χ0n) is 15.1. The second-order valence-electron chi connectivity index (χ2n) is 7.51. The molecule has 0 amide bonds. The number of rotatable bonds is 6. The van der Waals surface area contributed by atoms with Crippen LogP contribution in [0.25, 0.3) is 0 Å². The van der Waals surface area contributed by atoms with E-state index in [1.165, 1.54) is 5.69 Å². The molecule has 1 heterocycles. The van der Waals surface area contributed by atoms with E-state index in [2.05, 4.69) is 66.9 Å². The van der Waals surface area contributed by atoms with Crippen LogP contribution in [0.5, 0.6) is 0 Å². The van der Waals surface area contributed by atoms with Gasteiger partial charge in [0, 0.05) is 50.6 Å². The van der Waals surface area contributed by atoms with Crippen molar-refractivity contribution in [1.29, 1.82) is 0 Å². The molecule has 1 aliphatic heterocycles. The van der Waals surface area contributed by atoms with E-state index in [-0.39, 0.29) is 5.41 Å². The molecule has 0 unspecified atom stereocenters. The molecule has 23 heavy (non-hydrogen) atoms. The highest BCUT2D eigenvalue weighted by Gasteiger charge is 2.17. The van der Waals surface area contributed by atoms with Crippen LogP contribution in [-0.2, 0) is 0 Å². The summed E-state index contributed by atoms with van der Waals surface area (Å²) in [5, 5.41) is 0. The van der Waals surface area contributed by atoms with Crippen LogP contribution in [0.3, 0.4) is 0 Å². The Bertz CT molecular complexity index is 497. The fraction of sp³-hybridized carbons (Fsp3) is 0.579. The summed E-state index contributed by atoms with van der Waals surface area (Å²) in [6.45, 7) is 11.1. The van der Waals surface area contributed by atoms with Gasteiger partial charge in [-0.3, -0.25) is 4.90 Å². The normalized spacial score (nSPS) is 17.3. The highest BCUT2D eigenvalue weighted by Crippen LogP contribution is 2.19. The van der Waals surface area contributed by atoms with Gasteiger partial charge in [-0.05, 0) is 43.8 Å². The average molecular weight is 316 g/mol. The van der Waals surface area contributed by atoms with Crippen molar-refractivity contribution in [2.45, 2.75) is 13.8 Å². The maximum absolute atomic E-state index is 5.76. The van der Waals surface area contributed by atoms with Crippen LogP contribution in [-0.4, -0.2) is 63.2 Å². The smallest absolute Gasteiger partial charge is 0.0368 e. The lowest BCUT2D eigenvalue weighted by atomic mass is 9.92. The fourth-order valence-electron chi connectivity index (χ4n) is 3.26. The lowest BCUT2D eigenvalue weighted by Crippen LogP contribution is -2.46. The van der Waals surface area contributed by atoms with Gasteiger partial charge in [0.05, 0.1) is 0 Å². The van der Waals surface area contributed by atoms with Gasteiger partial charge in [-0.25, -0.2) is 0 Å². The molecule has 1 aromatic rings. The van der Waals surface area contributed by atoms with Crippen molar-refractivity contribution in [3.05, 3.63) is 36.4 Å². The molecule has 2 rings (SSSR count). The Balaban J connectivity index is 1.77. The molecular weight excluding hydrogens is 284 g/mol. The minimum absolute atomic E-state index is 0.231. The van der Waals surface area contributed by atoms with Gasteiger partial charge in [0.25, 0.3) is 0 Å². The van der Waals surface area contributed by atoms with E-state index in [9.17, 15) is 0 Å². The number of hydrogen-bond acceptors (Lipinski definition) is 4. The van der Waals surface area contributed by atoms with Crippen LogP contribution in [0.15, 0.2) is 36.4 Å². The highest BCUT2D eigenvalue weighted by atomic mass is 15.3. The van der Waals surface area contributed by atoms with Gasteiger partial charge in [-0.1, -0.05) is 26.0 Å². The van der Waals surface area contributed by atoms with E-state index in [0.717, 1.165) is 45.0 Å². The Kier molecular flexibility index (Phi) is 6.08. The molecule has 0 radical (unpaired) electrons. The van der Waals surface area contributed by atoms with Gasteiger partial charge in [-0.15, -0.1) is 0 Å². The van der Waals surface area contributed by atoms with Crippen molar-refractivity contribution < 1.29 is 0 Å². The predicted octanol–water partition coefficient (Wildman–Crippen LogP) is 2.53. The molecule has 2 N–H and O–H groups in total. The first-order valence-corrected chi connectivity index (χ1v) is 8.51. The Morgan fingerprint density at radius 2 is 1.70 bits per heavy atom. The number of hydrogen-bond donors (Lipinski definition) is 1. The number of benzene rings is 1. The lowest BCUT2D eigenvalue weighted by Gasteiger charge is -2.35. The molecule has 1 aromatic carbocycles. The van der Waals surface area contributed by atoms with Crippen molar-refractivity contribution >= 4 is 11.4 Å². The Morgan fingerprint density at radius 1 is 1.09 bits per heavy atom. The molecule has 128 valence electrons. The number of piperazine rings is 1. The van der Waals surface area contributed by atoms with Crippen molar-refractivity contribution in [3.63, 3.8) is 0 Å². The fourth-order valence-corrected chi connectivity index (χ4v) is 3.26. The van der Waals surface area contributed by atoms with Gasteiger partial charge in [0.15, 0.2) is 0 Å². The second kappa shape index (κ2) is 7.84. The molecular formula is C19H32N4. The van der Waals surface area contributed by atoms with Gasteiger partial charge in [0.2, 0.25) is 0 Å². The summed E-state index contributed by atoms with van der Waals surface area (Å²) in [5.74, 6) is 0. The Labute approximate surface area is 141 Å². The summed E-state index contributed by atoms with van der Waals surface area (Å²) in [4.78, 5) is 7.21. The van der Waals surface area contributed by atoms with Crippen LogP contribution in [0.2, 0.25) is 0 Å². The van der Waals surface area contributed by atoms with Crippen LogP contribution in [0, 0.1) is 5.41 Å². The summed E-state index contributed by atoms with van der Waals surface area (Å²) < 4.78 is 0. The lowest BCUT2D eigenvalue weighted by molar-refractivity contribution is 0.277. The quantitative estimate of drug-likeness (QED) is 0.646. The number of anilines is 2. The molecule has 0 spiro atoms. The van der Waals surface area contributed by atoms with Crippen LogP contribution in [0.1, 0.15) is 13.8 Å². The highest BCUT2D eigenvalue weighted by molar-refractivity contribution is 5.53. The maximum atomic E-state index is 5.76. The van der Waals surface area contributed by atoms with Gasteiger partial charge in [-0.2, -0.15) is 0 Å². The monoisotopic (exact) mass is 316 g/mol. The molecule has 0 bridgehead atoms. The van der Waals surface area contributed by atoms with Crippen LogP contribution >= 0.6 is 0 Å². The Hall–Kier alpha value is -1.52. The van der Waals surface area contributed by atoms with E-state index in [4.69, 9.17) is 5.73 Å². The first kappa shape index (κ1) is 17.8. The summed E-state index contributed by atoms with van der Waals surface area (Å²) in [6.07, 6.45) is 4.70. The Morgan fingerprint density at radius 3 is 2.26 bits per heavy atom. The molecule has 4 nitrogen and oxygen atoms in total. The topological polar surface area (TPSA) is 35.7 Å². The third kappa shape index (κ3) is 5.88. The van der Waals surface area contributed by atoms with Crippen molar-refractivity contribution in [1.82, 2.24) is 9.80 Å². The van der Waals surface area contributed by atoms with E-state index >= 15 is 0 Å². The summed E-state index contributed by atoms with van der Waals surface area (Å²) in [7, 11) is 4.26. The summed E-state index contributed by atoms with van der Waals surface area (Å²) in [5.41, 5.74) is 8.10. The molecule has 0 aromatic heterocycles. The maximum Gasteiger partial charge on any atom is 0.0368 e. The summed E-state index contributed by atoms with van der Waals surface area (Å²) in [6, 6.07) is 8.21. The van der Waals surface area contributed by atoms with E-state index in [1.54, 1.807) is 0 Å². The molecule has 0 atom stereocenters. The standard InChI is InChI=1S/C19H32N4/c1-19(2,16-21(3)4)10-5-11-22-12-14-23(15-13-22)18-8-6-17(20)7-9-18/h5-10H,11-16,20H2,1-4H3/b10-5+. The first-order valence-electron chi connectivity index (χ1n) is 8.51. The second-order valence-corrected chi connectivity index (χ2v) is 7.51.